The molecular formula is C20H26N2O2. The van der Waals surface area contributed by atoms with E-state index in [4.69, 9.17) is 0 Å². The Hall–Kier alpha value is -2.10. The van der Waals surface area contributed by atoms with Crippen LogP contribution >= 0.6 is 0 Å². The summed E-state index contributed by atoms with van der Waals surface area (Å²) < 4.78 is 0. The van der Waals surface area contributed by atoms with Crippen molar-refractivity contribution in [3.05, 3.63) is 48.0 Å². The highest BCUT2D eigenvalue weighted by atomic mass is 16.2. The van der Waals surface area contributed by atoms with Gasteiger partial charge in [0.1, 0.15) is 6.04 Å². The maximum Gasteiger partial charge on any atom is 0.245 e. The van der Waals surface area contributed by atoms with Crippen molar-refractivity contribution in [2.45, 2.75) is 44.6 Å². The Labute approximate surface area is 143 Å². The highest BCUT2D eigenvalue weighted by molar-refractivity contribution is 5.89. The summed E-state index contributed by atoms with van der Waals surface area (Å²) in [6.07, 6.45) is 9.48. The molecular weight excluding hydrogens is 300 g/mol. The Morgan fingerprint density at radius 1 is 1.12 bits per heavy atom. The molecule has 0 spiro atoms. The SMILES string of the molecule is O=C(N[C@H](Cc1ccccc1)C(=O)N1CCCC1)[C@@H]1CC=CCC1. The summed E-state index contributed by atoms with van der Waals surface area (Å²) in [5, 5.41) is 3.05. The van der Waals surface area contributed by atoms with Gasteiger partial charge in [-0.1, -0.05) is 42.5 Å². The van der Waals surface area contributed by atoms with Gasteiger partial charge in [0.05, 0.1) is 0 Å². The van der Waals surface area contributed by atoms with E-state index in [2.05, 4.69) is 17.5 Å². The van der Waals surface area contributed by atoms with Gasteiger partial charge in [-0.25, -0.2) is 0 Å². The lowest BCUT2D eigenvalue weighted by atomic mass is 9.93. The Morgan fingerprint density at radius 2 is 1.88 bits per heavy atom. The van der Waals surface area contributed by atoms with E-state index in [1.165, 1.54) is 0 Å². The van der Waals surface area contributed by atoms with E-state index in [-0.39, 0.29) is 17.7 Å². The number of nitrogens with one attached hydrogen (secondary N) is 1. The largest absolute Gasteiger partial charge is 0.344 e. The summed E-state index contributed by atoms with van der Waals surface area (Å²) >= 11 is 0. The summed E-state index contributed by atoms with van der Waals surface area (Å²) in [4.78, 5) is 27.4. The number of benzene rings is 1. The molecule has 2 amide bonds. The van der Waals surface area contributed by atoms with Crippen LogP contribution in [0, 0.1) is 5.92 Å². The van der Waals surface area contributed by atoms with Gasteiger partial charge in [0, 0.05) is 25.4 Å². The third-order valence-corrected chi connectivity index (χ3v) is 4.95. The highest BCUT2D eigenvalue weighted by Crippen LogP contribution is 2.19. The zero-order valence-electron chi connectivity index (χ0n) is 14.1. The molecule has 0 bridgehead atoms. The number of likely N-dealkylation sites (tertiary alicyclic amines) is 1. The number of hydrogen-bond acceptors (Lipinski definition) is 2. The monoisotopic (exact) mass is 326 g/mol. The molecule has 0 aromatic heterocycles. The average molecular weight is 326 g/mol. The molecule has 1 saturated heterocycles. The van der Waals surface area contributed by atoms with Crippen molar-refractivity contribution in [3.8, 4) is 0 Å². The van der Waals surface area contributed by atoms with Gasteiger partial charge in [0.25, 0.3) is 0 Å². The number of rotatable bonds is 5. The van der Waals surface area contributed by atoms with Gasteiger partial charge in [-0.05, 0) is 37.7 Å². The number of hydrogen-bond donors (Lipinski definition) is 1. The molecule has 2 aliphatic rings. The third-order valence-electron chi connectivity index (χ3n) is 4.95. The molecule has 1 N–H and O–H groups in total. The predicted octanol–water partition coefficient (Wildman–Crippen LogP) is 2.69. The normalized spacial score (nSPS) is 21.5. The molecule has 4 heteroatoms. The predicted molar refractivity (Wildman–Crippen MR) is 94.4 cm³/mol. The average Bonchev–Trinajstić information content (AvgIpc) is 3.17. The van der Waals surface area contributed by atoms with Gasteiger partial charge in [-0.3, -0.25) is 9.59 Å². The Bertz CT molecular complexity index is 591. The van der Waals surface area contributed by atoms with Crippen LogP contribution in [0.2, 0.25) is 0 Å². The van der Waals surface area contributed by atoms with E-state index in [1.54, 1.807) is 0 Å². The van der Waals surface area contributed by atoms with E-state index in [0.717, 1.165) is 50.8 Å². The van der Waals surface area contributed by atoms with E-state index in [1.807, 2.05) is 35.2 Å². The van der Waals surface area contributed by atoms with Crippen LogP contribution in [-0.2, 0) is 16.0 Å². The maximum atomic E-state index is 12.9. The van der Waals surface area contributed by atoms with Crippen LogP contribution in [0.4, 0.5) is 0 Å². The summed E-state index contributed by atoms with van der Waals surface area (Å²) in [7, 11) is 0. The number of carbonyl (C=O) groups excluding carboxylic acids is 2. The summed E-state index contributed by atoms with van der Waals surface area (Å²) in [6.45, 7) is 1.62. The van der Waals surface area contributed by atoms with E-state index < -0.39 is 6.04 Å². The molecule has 1 aliphatic heterocycles. The molecule has 0 unspecified atom stereocenters. The van der Waals surface area contributed by atoms with Crippen molar-refractivity contribution in [1.29, 1.82) is 0 Å². The summed E-state index contributed by atoms with van der Waals surface area (Å²) in [5.74, 6) is 0.0866. The number of nitrogens with zero attached hydrogens (tertiary/aromatic N) is 1. The first-order valence-electron chi connectivity index (χ1n) is 9.02. The van der Waals surface area contributed by atoms with Crippen molar-refractivity contribution in [1.82, 2.24) is 10.2 Å². The lowest BCUT2D eigenvalue weighted by Crippen LogP contribution is -2.50. The molecule has 1 aromatic rings. The first kappa shape index (κ1) is 16.7. The molecule has 4 nitrogen and oxygen atoms in total. The molecule has 1 heterocycles. The second-order valence-electron chi connectivity index (χ2n) is 6.76. The molecule has 1 aliphatic carbocycles. The minimum atomic E-state index is -0.455. The lowest BCUT2D eigenvalue weighted by Gasteiger charge is -2.26. The minimum absolute atomic E-state index is 0.000323. The van der Waals surface area contributed by atoms with Gasteiger partial charge < -0.3 is 10.2 Å². The smallest absolute Gasteiger partial charge is 0.245 e. The first-order valence-corrected chi connectivity index (χ1v) is 9.02. The Morgan fingerprint density at radius 3 is 2.54 bits per heavy atom. The number of amides is 2. The van der Waals surface area contributed by atoms with E-state index >= 15 is 0 Å². The van der Waals surface area contributed by atoms with Gasteiger partial charge in [0.15, 0.2) is 0 Å². The van der Waals surface area contributed by atoms with Crippen LogP contribution < -0.4 is 5.32 Å². The van der Waals surface area contributed by atoms with Crippen molar-refractivity contribution >= 4 is 11.8 Å². The topological polar surface area (TPSA) is 49.4 Å². The zero-order chi connectivity index (χ0) is 16.8. The fourth-order valence-electron chi connectivity index (χ4n) is 3.53. The minimum Gasteiger partial charge on any atom is -0.344 e. The van der Waals surface area contributed by atoms with Crippen molar-refractivity contribution in [3.63, 3.8) is 0 Å². The molecule has 1 aromatic carbocycles. The number of allylic oxidation sites excluding steroid dienone is 2. The fraction of sp³-hybridized carbons (Fsp3) is 0.500. The first-order chi connectivity index (χ1) is 11.7. The second kappa shape index (κ2) is 8.13. The quantitative estimate of drug-likeness (QED) is 0.846. The molecule has 1 fully saturated rings. The van der Waals surface area contributed by atoms with Crippen LogP contribution in [0.3, 0.4) is 0 Å². The van der Waals surface area contributed by atoms with Gasteiger partial charge in [-0.15, -0.1) is 0 Å². The van der Waals surface area contributed by atoms with Gasteiger partial charge in [0.2, 0.25) is 11.8 Å². The van der Waals surface area contributed by atoms with Crippen LogP contribution in [0.1, 0.15) is 37.7 Å². The van der Waals surface area contributed by atoms with Crippen LogP contribution in [-0.4, -0.2) is 35.8 Å². The van der Waals surface area contributed by atoms with Crippen LogP contribution in [0.25, 0.3) is 0 Å². The van der Waals surface area contributed by atoms with Crippen LogP contribution in [0.5, 0.6) is 0 Å². The van der Waals surface area contributed by atoms with E-state index in [0.29, 0.717) is 6.42 Å². The van der Waals surface area contributed by atoms with Crippen molar-refractivity contribution in [2.24, 2.45) is 5.92 Å². The molecule has 128 valence electrons. The molecule has 3 rings (SSSR count). The Balaban J connectivity index is 1.69. The Kier molecular flexibility index (Phi) is 5.68. The van der Waals surface area contributed by atoms with E-state index in [9.17, 15) is 9.59 Å². The maximum absolute atomic E-state index is 12.9. The molecule has 24 heavy (non-hydrogen) atoms. The third kappa shape index (κ3) is 4.25. The summed E-state index contributed by atoms with van der Waals surface area (Å²) in [6, 6.07) is 9.48. The lowest BCUT2D eigenvalue weighted by molar-refractivity contribution is -0.136. The number of carbonyl (C=O) groups is 2. The molecule has 2 atom stereocenters. The van der Waals surface area contributed by atoms with Crippen LogP contribution in [0.15, 0.2) is 42.5 Å². The van der Waals surface area contributed by atoms with Crippen molar-refractivity contribution in [2.75, 3.05) is 13.1 Å². The van der Waals surface area contributed by atoms with Gasteiger partial charge >= 0.3 is 0 Å². The molecule has 0 radical (unpaired) electrons. The standard InChI is InChI=1S/C20H26N2O2/c23-19(17-11-5-2-6-12-17)21-18(15-16-9-3-1-4-10-16)20(24)22-13-7-8-14-22/h1-5,9-10,17-18H,6-8,11-15H2,(H,21,23)/t17-,18-/m1/s1. The highest BCUT2D eigenvalue weighted by Gasteiger charge is 2.30. The molecule has 0 saturated carbocycles. The van der Waals surface area contributed by atoms with Crippen molar-refractivity contribution < 1.29 is 9.59 Å². The second-order valence-corrected chi connectivity index (χ2v) is 6.76. The zero-order valence-corrected chi connectivity index (χ0v) is 14.1. The summed E-state index contributed by atoms with van der Waals surface area (Å²) in [5.41, 5.74) is 1.08. The van der Waals surface area contributed by atoms with Gasteiger partial charge in [-0.2, -0.15) is 0 Å². The fourth-order valence-corrected chi connectivity index (χ4v) is 3.53.